The van der Waals surface area contributed by atoms with E-state index in [0.29, 0.717) is 17.1 Å². The van der Waals surface area contributed by atoms with Crippen molar-refractivity contribution < 1.29 is 27.8 Å². The third-order valence-corrected chi connectivity index (χ3v) is 6.01. The summed E-state index contributed by atoms with van der Waals surface area (Å²) in [5, 5.41) is 11.8. The molecule has 2 heterocycles. The molecule has 10 nitrogen and oxygen atoms in total. The standard InChI is InChI=1S/C23H24F2N6O4S/c1-34-18-4-3-13(11-19(18)35-2)22(32)31-7-5-30(6-8-31)21-15(24)9-14(10-16(21)25)20(27-23(33)36)17-12-26-29-28-17/h3-4,9-12,20H,5-8H2,1-2H3,(H,26,28,29)(H2,27,33,36). The first kappa shape index (κ1) is 25.2. The number of hydrogen-bond donors (Lipinski definition) is 3. The number of benzene rings is 2. The van der Waals surface area contributed by atoms with E-state index >= 15 is 8.78 Å². The Balaban J connectivity index is 1.49. The molecular formula is C23H24F2N6O4S. The molecule has 3 aromatic rings. The SMILES string of the molecule is COc1ccc(C(=O)N2CCN(c3c(F)cc(C(NC(=O)S)c4cn[nH]n4)cc3F)CC2)cc1OC. The Morgan fingerprint density at radius 3 is 2.28 bits per heavy atom. The number of aromatic nitrogens is 3. The van der Waals surface area contributed by atoms with Gasteiger partial charge < -0.3 is 24.6 Å². The van der Waals surface area contributed by atoms with E-state index in [1.54, 1.807) is 28.0 Å². The average molecular weight is 519 g/mol. The van der Waals surface area contributed by atoms with Crippen molar-refractivity contribution in [3.05, 3.63) is 65.0 Å². The summed E-state index contributed by atoms with van der Waals surface area (Å²) in [5.74, 6) is -0.875. The lowest BCUT2D eigenvalue weighted by atomic mass is 10.0. The van der Waals surface area contributed by atoms with Crippen LogP contribution in [0.2, 0.25) is 0 Å². The van der Waals surface area contributed by atoms with Crippen LogP contribution in [0.3, 0.4) is 0 Å². The number of methoxy groups -OCH3 is 2. The predicted molar refractivity (Wildman–Crippen MR) is 130 cm³/mol. The maximum Gasteiger partial charge on any atom is 0.276 e. The first-order chi connectivity index (χ1) is 17.3. The summed E-state index contributed by atoms with van der Waals surface area (Å²) >= 11 is 3.70. The largest absolute Gasteiger partial charge is 0.493 e. The van der Waals surface area contributed by atoms with E-state index in [9.17, 15) is 9.59 Å². The lowest BCUT2D eigenvalue weighted by Gasteiger charge is -2.36. The van der Waals surface area contributed by atoms with Crippen LogP contribution in [0.1, 0.15) is 27.7 Å². The Hall–Kier alpha value is -3.87. The van der Waals surface area contributed by atoms with Crippen LogP contribution in [0.25, 0.3) is 0 Å². The third kappa shape index (κ3) is 5.20. The van der Waals surface area contributed by atoms with Gasteiger partial charge in [-0.3, -0.25) is 9.59 Å². The number of rotatable bonds is 7. The monoisotopic (exact) mass is 518 g/mol. The predicted octanol–water partition coefficient (Wildman–Crippen LogP) is 2.79. The lowest BCUT2D eigenvalue weighted by Crippen LogP contribution is -2.49. The van der Waals surface area contributed by atoms with Crippen molar-refractivity contribution in [3.63, 3.8) is 0 Å². The van der Waals surface area contributed by atoms with Gasteiger partial charge in [0.1, 0.15) is 29.1 Å². The topological polar surface area (TPSA) is 113 Å². The van der Waals surface area contributed by atoms with E-state index in [2.05, 4.69) is 33.4 Å². The van der Waals surface area contributed by atoms with E-state index < -0.39 is 22.9 Å². The molecule has 36 heavy (non-hydrogen) atoms. The first-order valence-electron chi connectivity index (χ1n) is 10.9. The molecule has 4 rings (SSSR count). The summed E-state index contributed by atoms with van der Waals surface area (Å²) in [4.78, 5) is 27.7. The van der Waals surface area contributed by atoms with E-state index in [1.165, 1.54) is 20.4 Å². The Morgan fingerprint density at radius 2 is 1.72 bits per heavy atom. The van der Waals surface area contributed by atoms with Gasteiger partial charge >= 0.3 is 0 Å². The van der Waals surface area contributed by atoms with Gasteiger partial charge in [0.15, 0.2) is 11.5 Å². The van der Waals surface area contributed by atoms with Gasteiger partial charge in [-0.25, -0.2) is 8.78 Å². The second-order valence-corrected chi connectivity index (χ2v) is 8.37. The number of amides is 2. The zero-order valence-electron chi connectivity index (χ0n) is 19.5. The molecule has 1 aromatic heterocycles. The van der Waals surface area contributed by atoms with Gasteiger partial charge in [-0.05, 0) is 35.9 Å². The molecule has 2 amide bonds. The second kappa shape index (κ2) is 10.8. The van der Waals surface area contributed by atoms with Crippen molar-refractivity contribution in [1.29, 1.82) is 0 Å². The molecule has 190 valence electrons. The maximum atomic E-state index is 15.1. The van der Waals surface area contributed by atoms with Crippen molar-refractivity contribution in [3.8, 4) is 11.5 Å². The molecule has 0 bridgehead atoms. The van der Waals surface area contributed by atoms with Crippen LogP contribution in [0.15, 0.2) is 36.5 Å². The average Bonchev–Trinajstić information content (AvgIpc) is 3.41. The van der Waals surface area contributed by atoms with E-state index in [1.807, 2.05) is 0 Å². The molecule has 0 aliphatic carbocycles. The lowest BCUT2D eigenvalue weighted by molar-refractivity contribution is 0.0746. The highest BCUT2D eigenvalue weighted by Crippen LogP contribution is 2.31. The molecule has 2 N–H and O–H groups in total. The molecule has 0 spiro atoms. The van der Waals surface area contributed by atoms with Crippen LogP contribution in [0.5, 0.6) is 11.5 Å². The fraction of sp³-hybridized carbons (Fsp3) is 0.304. The molecule has 0 saturated carbocycles. The minimum Gasteiger partial charge on any atom is -0.493 e. The normalized spacial score (nSPS) is 14.4. The first-order valence-corrected chi connectivity index (χ1v) is 11.4. The summed E-state index contributed by atoms with van der Waals surface area (Å²) in [6, 6.07) is 6.23. The number of halogens is 2. The zero-order chi connectivity index (χ0) is 25.8. The number of ether oxygens (including phenoxy) is 2. The van der Waals surface area contributed by atoms with E-state index in [-0.39, 0.29) is 49.0 Å². The minimum absolute atomic E-state index is 0.146. The van der Waals surface area contributed by atoms with E-state index in [0.717, 1.165) is 12.1 Å². The van der Waals surface area contributed by atoms with Crippen LogP contribution in [0, 0.1) is 11.6 Å². The molecule has 1 saturated heterocycles. The number of H-pyrrole nitrogens is 1. The highest BCUT2D eigenvalue weighted by molar-refractivity contribution is 7.96. The molecular weight excluding hydrogens is 494 g/mol. The van der Waals surface area contributed by atoms with Crippen molar-refractivity contribution in [2.75, 3.05) is 45.3 Å². The van der Waals surface area contributed by atoms with Gasteiger partial charge in [0.25, 0.3) is 11.1 Å². The van der Waals surface area contributed by atoms with Crippen LogP contribution in [0.4, 0.5) is 19.3 Å². The summed E-state index contributed by atoms with van der Waals surface area (Å²) in [6.45, 7) is 0.995. The highest BCUT2D eigenvalue weighted by Gasteiger charge is 2.28. The summed E-state index contributed by atoms with van der Waals surface area (Å²) in [6.07, 6.45) is 1.34. The summed E-state index contributed by atoms with van der Waals surface area (Å²) < 4.78 is 40.8. The van der Waals surface area contributed by atoms with Crippen molar-refractivity contribution >= 4 is 29.5 Å². The van der Waals surface area contributed by atoms with Crippen LogP contribution >= 0.6 is 12.6 Å². The Morgan fingerprint density at radius 1 is 1.06 bits per heavy atom. The maximum absolute atomic E-state index is 15.1. The van der Waals surface area contributed by atoms with Crippen LogP contribution in [-0.2, 0) is 0 Å². The van der Waals surface area contributed by atoms with Gasteiger partial charge in [-0.1, -0.05) is 12.6 Å². The number of carbonyl (C=O) groups excluding carboxylic acids is 2. The number of thiol groups is 1. The third-order valence-electron chi connectivity index (χ3n) is 5.88. The number of aromatic amines is 1. The van der Waals surface area contributed by atoms with Gasteiger partial charge in [-0.2, -0.15) is 15.4 Å². The molecule has 0 radical (unpaired) electrons. The molecule has 1 unspecified atom stereocenters. The molecule has 1 fully saturated rings. The molecule has 13 heteroatoms. The fourth-order valence-corrected chi connectivity index (χ4v) is 4.27. The van der Waals surface area contributed by atoms with Crippen LogP contribution in [-0.4, -0.2) is 71.9 Å². The zero-order valence-corrected chi connectivity index (χ0v) is 20.4. The highest BCUT2D eigenvalue weighted by atomic mass is 32.1. The smallest absolute Gasteiger partial charge is 0.276 e. The van der Waals surface area contributed by atoms with Crippen LogP contribution < -0.4 is 19.7 Å². The number of nitrogens with zero attached hydrogens (tertiary/aromatic N) is 4. The number of nitrogens with one attached hydrogen (secondary N) is 2. The quantitative estimate of drug-likeness (QED) is 0.413. The number of piperazine rings is 1. The van der Waals surface area contributed by atoms with Crippen molar-refractivity contribution in [2.24, 2.45) is 0 Å². The summed E-state index contributed by atoms with van der Waals surface area (Å²) in [7, 11) is 2.99. The number of carbonyl (C=O) groups is 2. The fourth-order valence-electron chi connectivity index (χ4n) is 4.14. The van der Waals surface area contributed by atoms with Crippen molar-refractivity contribution in [1.82, 2.24) is 25.6 Å². The number of hydrogen-bond acceptors (Lipinski definition) is 7. The van der Waals surface area contributed by atoms with Crippen molar-refractivity contribution in [2.45, 2.75) is 6.04 Å². The minimum atomic E-state index is -0.942. The van der Waals surface area contributed by atoms with Gasteiger partial charge in [-0.15, -0.1) is 0 Å². The Kier molecular flexibility index (Phi) is 7.58. The molecule has 1 atom stereocenters. The molecule has 1 aliphatic rings. The van der Waals surface area contributed by atoms with Gasteiger partial charge in [0, 0.05) is 31.7 Å². The van der Waals surface area contributed by atoms with Gasteiger partial charge in [0.05, 0.1) is 20.4 Å². The second-order valence-electron chi connectivity index (χ2n) is 7.96. The molecule has 1 aliphatic heterocycles. The molecule has 2 aromatic carbocycles. The Bertz CT molecular complexity index is 1230. The Labute approximate surface area is 211 Å². The number of anilines is 1. The van der Waals surface area contributed by atoms with E-state index in [4.69, 9.17) is 9.47 Å². The summed E-state index contributed by atoms with van der Waals surface area (Å²) in [5.41, 5.74) is 0.638. The van der Waals surface area contributed by atoms with Gasteiger partial charge in [0.2, 0.25) is 0 Å².